The number of rotatable bonds is 3. The predicted molar refractivity (Wildman–Crippen MR) is 73.1 cm³/mol. The quantitative estimate of drug-likeness (QED) is 0.870. The molecule has 1 amide bonds. The van der Waals surface area contributed by atoms with Gasteiger partial charge in [-0.2, -0.15) is 0 Å². The molecule has 7 heteroatoms. The first-order chi connectivity index (χ1) is 9.47. The summed E-state index contributed by atoms with van der Waals surface area (Å²) >= 11 is 3.30. The van der Waals surface area contributed by atoms with Crippen molar-refractivity contribution in [3.63, 3.8) is 0 Å². The van der Waals surface area contributed by atoms with E-state index in [1.165, 1.54) is 0 Å². The van der Waals surface area contributed by atoms with Crippen LogP contribution in [0.25, 0.3) is 0 Å². The molecule has 1 aliphatic rings. The monoisotopic (exact) mass is 343 g/mol. The fourth-order valence-electron chi connectivity index (χ4n) is 2.06. The number of carboxylic acid groups (broad SMARTS) is 1. The van der Waals surface area contributed by atoms with Crippen molar-refractivity contribution in [1.82, 2.24) is 4.90 Å². The molecule has 108 valence electrons. The zero-order valence-electron chi connectivity index (χ0n) is 10.5. The number of benzene rings is 1. The van der Waals surface area contributed by atoms with Crippen molar-refractivity contribution in [2.45, 2.75) is 25.2 Å². The average Bonchev–Trinajstić information content (AvgIpc) is 2.80. The Morgan fingerprint density at radius 3 is 2.60 bits per heavy atom. The number of hydrogen-bond donors (Lipinski definition) is 2. The first kappa shape index (κ1) is 14.8. The number of likely N-dealkylation sites (tertiary alicyclic amines) is 1. The Hall–Kier alpha value is -1.60. The van der Waals surface area contributed by atoms with E-state index in [0.717, 1.165) is 14.9 Å². The number of aliphatic hydroxyl groups excluding tert-OH is 1. The van der Waals surface area contributed by atoms with Crippen LogP contribution in [0.5, 0.6) is 0 Å². The number of nitrogens with zero attached hydrogens (tertiary/aromatic N) is 1. The Labute approximate surface area is 124 Å². The zero-order valence-corrected chi connectivity index (χ0v) is 12.1. The third-order valence-corrected chi connectivity index (χ3v) is 3.60. The first-order valence-corrected chi connectivity index (χ1v) is 6.85. The van der Waals surface area contributed by atoms with Crippen molar-refractivity contribution in [3.05, 3.63) is 34.3 Å². The van der Waals surface area contributed by atoms with Crippen molar-refractivity contribution in [1.29, 1.82) is 0 Å². The van der Waals surface area contributed by atoms with Crippen molar-refractivity contribution in [2.75, 3.05) is 6.54 Å². The van der Waals surface area contributed by atoms with E-state index in [4.69, 9.17) is 9.84 Å². The highest BCUT2D eigenvalue weighted by atomic mass is 79.9. The summed E-state index contributed by atoms with van der Waals surface area (Å²) in [4.78, 5) is 23.9. The summed E-state index contributed by atoms with van der Waals surface area (Å²) in [5.41, 5.74) is 0.799. The lowest BCUT2D eigenvalue weighted by Gasteiger charge is -2.20. The number of carbonyl (C=O) groups excluding carboxylic acids is 1. The minimum absolute atomic E-state index is 0.0177. The smallest absolute Gasteiger partial charge is 0.410 e. The molecule has 1 aromatic rings. The average molecular weight is 344 g/mol. The maximum atomic E-state index is 11.9. The van der Waals surface area contributed by atoms with Crippen LogP contribution in [0.15, 0.2) is 28.7 Å². The molecular weight excluding hydrogens is 330 g/mol. The van der Waals surface area contributed by atoms with E-state index in [1.807, 2.05) is 12.1 Å². The zero-order chi connectivity index (χ0) is 14.7. The molecule has 0 bridgehead atoms. The molecule has 0 saturated carbocycles. The van der Waals surface area contributed by atoms with Gasteiger partial charge in [-0.15, -0.1) is 0 Å². The Morgan fingerprint density at radius 1 is 1.35 bits per heavy atom. The van der Waals surface area contributed by atoms with Crippen LogP contribution < -0.4 is 0 Å². The van der Waals surface area contributed by atoms with Crippen LogP contribution in [0.3, 0.4) is 0 Å². The number of carboxylic acids is 1. The molecule has 6 nitrogen and oxygen atoms in total. The van der Waals surface area contributed by atoms with E-state index in [9.17, 15) is 14.7 Å². The Bertz CT molecular complexity index is 504. The molecule has 0 spiro atoms. The summed E-state index contributed by atoms with van der Waals surface area (Å²) in [7, 11) is 0. The molecule has 2 atom stereocenters. The molecule has 20 heavy (non-hydrogen) atoms. The lowest BCUT2D eigenvalue weighted by atomic mass is 10.2. The number of hydrogen-bond acceptors (Lipinski definition) is 4. The van der Waals surface area contributed by atoms with Gasteiger partial charge in [0.1, 0.15) is 12.6 Å². The van der Waals surface area contributed by atoms with Crippen molar-refractivity contribution in [3.8, 4) is 0 Å². The molecule has 1 saturated heterocycles. The van der Waals surface area contributed by atoms with Gasteiger partial charge in [-0.25, -0.2) is 9.59 Å². The third kappa shape index (κ3) is 3.49. The van der Waals surface area contributed by atoms with Gasteiger partial charge in [-0.05, 0) is 17.7 Å². The summed E-state index contributed by atoms with van der Waals surface area (Å²) in [5, 5.41) is 18.5. The van der Waals surface area contributed by atoms with Gasteiger partial charge < -0.3 is 14.9 Å². The molecule has 1 fully saturated rings. The second-order valence-corrected chi connectivity index (χ2v) is 5.49. The van der Waals surface area contributed by atoms with Gasteiger partial charge in [0, 0.05) is 10.9 Å². The molecule has 2 N–H and O–H groups in total. The van der Waals surface area contributed by atoms with E-state index >= 15 is 0 Å². The molecule has 0 aliphatic carbocycles. The molecule has 1 aromatic carbocycles. The second-order valence-electron chi connectivity index (χ2n) is 4.58. The van der Waals surface area contributed by atoms with Crippen LogP contribution in [0.1, 0.15) is 12.0 Å². The largest absolute Gasteiger partial charge is 0.480 e. The van der Waals surface area contributed by atoms with Crippen LogP contribution in [-0.4, -0.2) is 45.9 Å². The van der Waals surface area contributed by atoms with Gasteiger partial charge in [-0.1, -0.05) is 28.1 Å². The van der Waals surface area contributed by atoms with Gasteiger partial charge in [0.2, 0.25) is 0 Å². The minimum Gasteiger partial charge on any atom is -0.480 e. The van der Waals surface area contributed by atoms with Crippen LogP contribution in [-0.2, 0) is 16.1 Å². The van der Waals surface area contributed by atoms with Crippen LogP contribution in [0.4, 0.5) is 4.79 Å². The third-order valence-electron chi connectivity index (χ3n) is 3.07. The standard InChI is InChI=1S/C13H14BrNO5/c14-9-3-1-8(2-4-9)7-20-13(19)15-6-10(16)5-11(15)12(17)18/h1-4,10-11,16H,5-7H2,(H,17,18). The van der Waals surface area contributed by atoms with Gasteiger partial charge in [0.15, 0.2) is 0 Å². The summed E-state index contributed by atoms with van der Waals surface area (Å²) in [6.07, 6.45) is -1.52. The summed E-state index contributed by atoms with van der Waals surface area (Å²) in [6, 6.07) is 6.21. The number of ether oxygens (including phenoxy) is 1. The number of aliphatic hydroxyl groups is 1. The number of β-amino-alcohol motifs (C(OH)–C–C–N with tert-alkyl or cyclic N) is 1. The number of carbonyl (C=O) groups is 2. The molecule has 1 aliphatic heterocycles. The molecule has 0 aromatic heterocycles. The fraction of sp³-hybridized carbons (Fsp3) is 0.385. The second kappa shape index (κ2) is 6.23. The van der Waals surface area contributed by atoms with Gasteiger partial charge in [0.05, 0.1) is 12.6 Å². The van der Waals surface area contributed by atoms with E-state index in [1.54, 1.807) is 12.1 Å². The van der Waals surface area contributed by atoms with Crippen molar-refractivity contribution < 1.29 is 24.5 Å². The molecule has 0 radical (unpaired) electrons. The highest BCUT2D eigenvalue weighted by molar-refractivity contribution is 9.10. The number of halogens is 1. The van der Waals surface area contributed by atoms with E-state index in [2.05, 4.69) is 15.9 Å². The fourth-order valence-corrected chi connectivity index (χ4v) is 2.32. The topological polar surface area (TPSA) is 87.1 Å². The maximum Gasteiger partial charge on any atom is 0.410 e. The van der Waals surface area contributed by atoms with E-state index in [0.29, 0.717) is 0 Å². The first-order valence-electron chi connectivity index (χ1n) is 6.06. The highest BCUT2D eigenvalue weighted by Crippen LogP contribution is 2.20. The molecule has 2 rings (SSSR count). The lowest BCUT2D eigenvalue weighted by Crippen LogP contribution is -2.40. The Morgan fingerprint density at radius 2 is 2.00 bits per heavy atom. The number of amides is 1. The van der Waals surface area contributed by atoms with Gasteiger partial charge in [-0.3, -0.25) is 4.90 Å². The SMILES string of the molecule is O=C(O)C1CC(O)CN1C(=O)OCc1ccc(Br)cc1. The minimum atomic E-state index is -1.14. The predicted octanol–water partition coefficient (Wildman–Crippen LogP) is 1.61. The Balaban J connectivity index is 1.94. The lowest BCUT2D eigenvalue weighted by molar-refractivity contribution is -0.141. The normalized spacial score (nSPS) is 21.8. The summed E-state index contributed by atoms with van der Waals surface area (Å²) < 4.78 is 6.00. The number of aliphatic carboxylic acids is 1. The summed E-state index contributed by atoms with van der Waals surface area (Å²) in [5.74, 6) is -1.14. The molecule has 1 heterocycles. The van der Waals surface area contributed by atoms with Crippen molar-refractivity contribution in [2.24, 2.45) is 0 Å². The van der Waals surface area contributed by atoms with Crippen LogP contribution >= 0.6 is 15.9 Å². The van der Waals surface area contributed by atoms with E-state index < -0.39 is 24.2 Å². The van der Waals surface area contributed by atoms with Crippen LogP contribution in [0, 0.1) is 0 Å². The highest BCUT2D eigenvalue weighted by Gasteiger charge is 2.39. The van der Waals surface area contributed by atoms with Crippen molar-refractivity contribution >= 4 is 28.0 Å². The Kier molecular flexibility index (Phi) is 4.61. The molecule has 2 unspecified atom stereocenters. The summed E-state index contributed by atoms with van der Waals surface area (Å²) in [6.45, 7) is 0.0428. The van der Waals surface area contributed by atoms with E-state index in [-0.39, 0.29) is 19.6 Å². The molecular formula is C13H14BrNO5. The van der Waals surface area contributed by atoms with Crippen LogP contribution in [0.2, 0.25) is 0 Å². The van der Waals surface area contributed by atoms with Gasteiger partial charge in [0.25, 0.3) is 0 Å². The maximum absolute atomic E-state index is 11.9. The van der Waals surface area contributed by atoms with Gasteiger partial charge >= 0.3 is 12.1 Å².